The Bertz CT molecular complexity index is 1510. The molecule has 9 nitrogen and oxygen atoms in total. The molecule has 5 rings (SSSR count). The van der Waals surface area contributed by atoms with Crippen molar-refractivity contribution in [2.75, 3.05) is 13.1 Å². The van der Waals surface area contributed by atoms with Gasteiger partial charge in [-0.1, -0.05) is 95.8 Å². The number of nitro groups is 1. The van der Waals surface area contributed by atoms with Crippen molar-refractivity contribution in [1.29, 1.82) is 0 Å². The van der Waals surface area contributed by atoms with E-state index in [0.717, 1.165) is 31.6 Å². The van der Waals surface area contributed by atoms with Gasteiger partial charge in [-0.3, -0.25) is 24.7 Å². The molecular weight excluding hydrogens is 659 g/mol. The molecule has 3 heterocycles. The average Bonchev–Trinajstić information content (AvgIpc) is 3.53. The number of hydrogen-bond acceptors (Lipinski definition) is 9. The highest BCUT2D eigenvalue weighted by molar-refractivity contribution is 8.29. The molecule has 13 heteroatoms. The van der Waals surface area contributed by atoms with Crippen molar-refractivity contribution in [3.8, 4) is 0 Å². The van der Waals surface area contributed by atoms with Crippen LogP contribution in [0.1, 0.15) is 59.1 Å². The number of thioether (sulfide) groups is 3. The molecule has 2 aromatic carbocycles. The highest BCUT2D eigenvalue weighted by atomic mass is 32.2. The van der Waals surface area contributed by atoms with Crippen LogP contribution in [0.2, 0.25) is 0 Å². The fraction of sp³-hybridized carbons (Fsp3) is 0.515. The summed E-state index contributed by atoms with van der Waals surface area (Å²) < 4.78 is 6.32. The van der Waals surface area contributed by atoms with Crippen LogP contribution in [0.25, 0.3) is 0 Å². The molecule has 248 valence electrons. The Hall–Kier alpha value is -2.29. The van der Waals surface area contributed by atoms with Crippen molar-refractivity contribution in [3.63, 3.8) is 0 Å². The van der Waals surface area contributed by atoms with Gasteiger partial charge in [0.2, 0.25) is 5.91 Å². The smallest absolute Gasteiger partial charge is 0.354 e. The first-order valence-corrected chi connectivity index (χ1v) is 18.9. The van der Waals surface area contributed by atoms with E-state index in [2.05, 4.69) is 58.6 Å². The zero-order valence-corrected chi connectivity index (χ0v) is 31.9. The topological polar surface area (TPSA) is 113 Å². The summed E-state index contributed by atoms with van der Waals surface area (Å²) in [6.45, 7) is 15.2. The minimum Gasteiger partial charge on any atom is -0.477 e. The zero-order valence-electron chi connectivity index (χ0n) is 27.4. The van der Waals surface area contributed by atoms with Gasteiger partial charge in [0, 0.05) is 36.2 Å². The molecule has 1 N–H and O–H groups in total. The Morgan fingerprint density at radius 2 is 1.72 bits per heavy atom. The third kappa shape index (κ3) is 6.07. The minimum atomic E-state index is -1.11. The molecule has 3 aliphatic rings. The van der Waals surface area contributed by atoms with Crippen molar-refractivity contribution in [3.05, 3.63) is 85.8 Å². The second-order valence-corrected chi connectivity index (χ2v) is 18.9. The van der Waals surface area contributed by atoms with E-state index in [9.17, 15) is 24.8 Å². The number of rotatable bonds is 11. The molecule has 3 aliphatic heterocycles. The summed E-state index contributed by atoms with van der Waals surface area (Å²) in [5.41, 5.74) is 0.371. The summed E-state index contributed by atoms with van der Waals surface area (Å²) in [5.74, 6) is -1.52. The van der Waals surface area contributed by atoms with Crippen molar-refractivity contribution in [2.45, 2.75) is 75.3 Å². The number of non-ortho nitro benzene ring substituents is 1. The van der Waals surface area contributed by atoms with Gasteiger partial charge >= 0.3 is 5.97 Å². The fourth-order valence-corrected chi connectivity index (χ4v) is 14.5. The molecule has 1 amide bonds. The predicted octanol–water partition coefficient (Wildman–Crippen LogP) is 6.08. The van der Waals surface area contributed by atoms with Gasteiger partial charge in [-0.15, -0.1) is 23.5 Å². The van der Waals surface area contributed by atoms with E-state index in [1.807, 2.05) is 18.2 Å². The van der Waals surface area contributed by atoms with Gasteiger partial charge in [0.15, 0.2) is 9.90 Å². The van der Waals surface area contributed by atoms with Gasteiger partial charge < -0.3 is 9.53 Å². The lowest BCUT2D eigenvalue weighted by Crippen LogP contribution is -2.77. The lowest BCUT2D eigenvalue weighted by molar-refractivity contribution is -0.384. The van der Waals surface area contributed by atoms with E-state index in [0.29, 0.717) is 20.5 Å². The maximum absolute atomic E-state index is 14.5. The van der Waals surface area contributed by atoms with Crippen LogP contribution < -0.4 is 0 Å². The molecular formula is C33H43N3O6S3Si. The molecule has 0 aliphatic carbocycles. The Labute approximate surface area is 287 Å². The molecule has 2 fully saturated rings. The van der Waals surface area contributed by atoms with Crippen molar-refractivity contribution in [1.82, 2.24) is 9.80 Å². The summed E-state index contributed by atoms with van der Waals surface area (Å²) >= 11 is 4.59. The maximum Gasteiger partial charge on any atom is 0.354 e. The number of nitro benzene ring substituents is 1. The van der Waals surface area contributed by atoms with E-state index >= 15 is 0 Å². The van der Waals surface area contributed by atoms with Crippen LogP contribution in [-0.2, 0) is 26.3 Å². The first-order valence-electron chi connectivity index (χ1n) is 15.4. The number of carboxylic acid groups (broad SMARTS) is 1. The highest BCUT2D eigenvalue weighted by Gasteiger charge is 2.77. The number of β-lactam (4-membered cyclic amide) rings is 1. The van der Waals surface area contributed by atoms with Gasteiger partial charge in [-0.2, -0.15) is 0 Å². The quantitative estimate of drug-likeness (QED) is 0.128. The zero-order chi connectivity index (χ0) is 33.7. The molecule has 2 saturated heterocycles. The fourth-order valence-electron chi connectivity index (χ4n) is 7.67. The van der Waals surface area contributed by atoms with Gasteiger partial charge in [0.05, 0.1) is 14.8 Å². The monoisotopic (exact) mass is 701 g/mol. The van der Waals surface area contributed by atoms with Crippen LogP contribution in [0.5, 0.6) is 0 Å². The summed E-state index contributed by atoms with van der Waals surface area (Å²) in [6.07, 6.45) is 0.923. The number of carbonyl (C=O) groups excluding carboxylic acids is 1. The third-order valence-corrected chi connectivity index (χ3v) is 14.6. The van der Waals surface area contributed by atoms with Crippen LogP contribution in [0.15, 0.2) is 64.5 Å². The number of carbonyl (C=O) groups is 2. The number of nitrogens with zero attached hydrogens (tertiary/aromatic N) is 3. The summed E-state index contributed by atoms with van der Waals surface area (Å²) in [5, 5.41) is 22.1. The van der Waals surface area contributed by atoms with E-state index < -0.39 is 37.4 Å². The van der Waals surface area contributed by atoms with Crippen LogP contribution in [0.4, 0.5) is 5.69 Å². The van der Waals surface area contributed by atoms with Crippen LogP contribution in [-0.4, -0.2) is 70.3 Å². The van der Waals surface area contributed by atoms with E-state index in [-0.39, 0.29) is 22.5 Å². The lowest BCUT2D eigenvalue weighted by atomic mass is 9.55. The van der Waals surface area contributed by atoms with Gasteiger partial charge in [0.25, 0.3) is 5.69 Å². The summed E-state index contributed by atoms with van der Waals surface area (Å²) in [6, 6.07) is 16.8. The largest absolute Gasteiger partial charge is 0.477 e. The van der Waals surface area contributed by atoms with Crippen molar-refractivity contribution in [2.24, 2.45) is 16.7 Å². The van der Waals surface area contributed by atoms with Crippen LogP contribution in [0, 0.1) is 26.9 Å². The second kappa shape index (κ2) is 13.0. The molecule has 1 unspecified atom stereocenters. The molecule has 2 aromatic rings. The Kier molecular flexibility index (Phi) is 9.87. The number of hydrogen-bond donors (Lipinski definition) is 1. The number of aliphatic carboxylic acids is 1. The normalized spacial score (nSPS) is 24.0. The van der Waals surface area contributed by atoms with Crippen molar-refractivity contribution >= 4 is 63.3 Å². The molecule has 0 spiro atoms. The summed E-state index contributed by atoms with van der Waals surface area (Å²) in [4.78, 5) is 42.2. The lowest BCUT2D eigenvalue weighted by Gasteiger charge is -2.66. The Balaban J connectivity index is 1.50. The standard InChI is InChI=1S/C33H43N3O6S3Si/c1-30(2,3)32(42-46,31(4,5)6)26-27(37)35-25(28(38)39)29(44-24-16-17-34(19-24)18-21-10-8-7-9-11-21)45-33(26,35)43-20-22-12-14-23(15-13-22)36(40)41/h7-15,24,26H,16-20H2,1-6,46H3,(H,38,39)/t24?,26-,33+/m0/s1. The number of amides is 1. The van der Waals surface area contributed by atoms with Crippen molar-refractivity contribution < 1.29 is 24.0 Å². The number of carboxylic acids is 1. The van der Waals surface area contributed by atoms with Crippen LogP contribution in [0.3, 0.4) is 0 Å². The third-order valence-electron chi connectivity index (χ3n) is 9.30. The van der Waals surface area contributed by atoms with Gasteiger partial charge in [-0.05, 0) is 34.9 Å². The predicted molar refractivity (Wildman–Crippen MR) is 190 cm³/mol. The highest BCUT2D eigenvalue weighted by Crippen LogP contribution is 2.72. The molecule has 0 radical (unpaired) electrons. The Morgan fingerprint density at radius 3 is 2.26 bits per heavy atom. The second-order valence-electron chi connectivity index (χ2n) is 14.2. The first-order chi connectivity index (χ1) is 21.6. The van der Waals surface area contributed by atoms with Gasteiger partial charge in [0.1, 0.15) is 16.4 Å². The number of benzene rings is 2. The molecule has 3 atom stereocenters. The van der Waals surface area contributed by atoms with Gasteiger partial charge in [-0.25, -0.2) is 4.79 Å². The molecule has 46 heavy (non-hydrogen) atoms. The molecule has 0 saturated carbocycles. The number of fused-ring (bicyclic) bond motifs is 1. The van der Waals surface area contributed by atoms with E-state index in [1.165, 1.54) is 46.1 Å². The minimum absolute atomic E-state index is 0.00990. The maximum atomic E-state index is 14.5. The van der Waals surface area contributed by atoms with E-state index in [1.54, 1.807) is 23.9 Å². The first kappa shape index (κ1) is 35.0. The Morgan fingerprint density at radius 1 is 1.09 bits per heavy atom. The summed E-state index contributed by atoms with van der Waals surface area (Å²) in [7, 11) is 0.394. The SMILES string of the molecule is CC(C)(C)C(O[SiH3])([C@@H]1C(=O)N2C(C(=O)O)=C(SC3CCN(Cc4ccccc4)C3)S[C@]12SCc1ccc([N+](=O)[O-])cc1)C(C)(C)C. The average molecular weight is 702 g/mol. The van der Waals surface area contributed by atoms with Crippen LogP contribution >= 0.6 is 35.3 Å². The number of likely N-dealkylation sites (tertiary alicyclic amines) is 1. The van der Waals surface area contributed by atoms with E-state index in [4.69, 9.17) is 4.43 Å². The molecule has 0 bridgehead atoms. The molecule has 0 aromatic heterocycles.